The number of rotatable bonds is 12. The van der Waals surface area contributed by atoms with Crippen molar-refractivity contribution in [3.63, 3.8) is 0 Å². The quantitative estimate of drug-likeness (QED) is 0.229. The Kier molecular flexibility index (Phi) is 21.0. The summed E-state index contributed by atoms with van der Waals surface area (Å²) < 4.78 is 31.8. The predicted molar refractivity (Wildman–Crippen MR) is 114 cm³/mol. The second kappa shape index (κ2) is 18.4. The molecule has 0 rings (SSSR count). The monoisotopic (exact) mass is 408 g/mol. The van der Waals surface area contributed by atoms with Crippen molar-refractivity contribution in [2.75, 3.05) is 33.4 Å². The van der Waals surface area contributed by atoms with Gasteiger partial charge in [0.1, 0.15) is 0 Å². The minimum atomic E-state index is -3.98. The highest BCUT2D eigenvalue weighted by molar-refractivity contribution is 7.85. The van der Waals surface area contributed by atoms with Crippen LogP contribution in [0.5, 0.6) is 0 Å². The summed E-state index contributed by atoms with van der Waals surface area (Å²) in [7, 11) is 2.66. The fourth-order valence-electron chi connectivity index (χ4n) is 2.08. The first-order chi connectivity index (χ1) is 12.3. The predicted octanol–water partition coefficient (Wildman–Crippen LogP) is 3.82. The van der Waals surface area contributed by atoms with E-state index < -0.39 is 16.0 Å². The summed E-state index contributed by atoms with van der Waals surface area (Å²) >= 11 is 0. The van der Waals surface area contributed by atoms with E-state index in [1.165, 1.54) is 45.1 Å². The van der Waals surface area contributed by atoms with Crippen molar-refractivity contribution in [3.05, 3.63) is 12.2 Å². The van der Waals surface area contributed by atoms with Crippen molar-refractivity contribution >= 4 is 16.0 Å². The van der Waals surface area contributed by atoms with Gasteiger partial charge in [0.2, 0.25) is 5.91 Å². The van der Waals surface area contributed by atoms with Gasteiger partial charge in [-0.05, 0) is 19.8 Å². The number of amides is 1. The summed E-state index contributed by atoms with van der Waals surface area (Å²) in [5.74, 6) is -0.628. The van der Waals surface area contributed by atoms with Crippen molar-refractivity contribution < 1.29 is 22.2 Å². The Bertz CT molecular complexity index is 457. The molecule has 0 aromatic heterocycles. The fourth-order valence-corrected chi connectivity index (χ4v) is 2.64. The Morgan fingerprint density at radius 1 is 0.926 bits per heavy atom. The zero-order chi connectivity index (χ0) is 21.9. The molecular formula is C20H44N2O4S. The Morgan fingerprint density at radius 3 is 1.52 bits per heavy atom. The zero-order valence-electron chi connectivity index (χ0n) is 18.6. The summed E-state index contributed by atoms with van der Waals surface area (Å²) in [4.78, 5) is 9.82. The van der Waals surface area contributed by atoms with Gasteiger partial charge < -0.3 is 14.8 Å². The third-order valence-electron chi connectivity index (χ3n) is 3.56. The zero-order valence-corrected chi connectivity index (χ0v) is 19.4. The molecule has 0 aromatic rings. The maximum Gasteiger partial charge on any atom is 0.243 e. The second-order valence-corrected chi connectivity index (χ2v) is 9.42. The standard InChI is InChI=1S/C10H22O3S.C6H16N.C4H7NO/c1-2-3-4-5-6-7-8-9-10-14(11,12)13;1-5-6-7(2,3)4;1-3(2)4(5)6/h2-10H2,1H3,(H,11,12,13);5-6H2,1-4H3;1H2,2H3,(H2,5,6)/q;+1;/p-1. The lowest BCUT2D eigenvalue weighted by atomic mass is 10.1. The Morgan fingerprint density at radius 2 is 1.30 bits per heavy atom. The fraction of sp³-hybridized carbons (Fsp3) is 0.850. The van der Waals surface area contributed by atoms with Gasteiger partial charge in [-0.2, -0.15) is 0 Å². The first kappa shape index (κ1) is 30.8. The summed E-state index contributed by atoms with van der Waals surface area (Å²) in [5.41, 5.74) is 5.09. The van der Waals surface area contributed by atoms with Gasteiger partial charge in [-0.1, -0.05) is 65.4 Å². The third-order valence-corrected chi connectivity index (χ3v) is 4.35. The molecule has 0 aliphatic rings. The van der Waals surface area contributed by atoms with Crippen LogP contribution in [-0.2, 0) is 14.9 Å². The van der Waals surface area contributed by atoms with Crippen LogP contribution in [0.15, 0.2) is 12.2 Å². The highest BCUT2D eigenvalue weighted by atomic mass is 32.2. The molecule has 0 spiro atoms. The Hall–Kier alpha value is -0.920. The summed E-state index contributed by atoms with van der Waals surface area (Å²) in [6, 6.07) is 0. The molecule has 7 heteroatoms. The van der Waals surface area contributed by atoms with Crippen LogP contribution < -0.4 is 5.73 Å². The molecule has 0 aliphatic carbocycles. The minimum Gasteiger partial charge on any atom is -0.748 e. The van der Waals surface area contributed by atoms with Crippen LogP contribution in [0.1, 0.15) is 78.6 Å². The second-order valence-electron chi connectivity index (χ2n) is 7.90. The lowest BCUT2D eigenvalue weighted by molar-refractivity contribution is -0.870. The molecule has 0 unspecified atom stereocenters. The molecule has 0 saturated heterocycles. The van der Waals surface area contributed by atoms with Gasteiger partial charge >= 0.3 is 0 Å². The van der Waals surface area contributed by atoms with Crippen molar-refractivity contribution in [2.45, 2.75) is 78.6 Å². The number of quaternary nitrogens is 1. The number of nitrogens with two attached hydrogens (primary N) is 1. The smallest absolute Gasteiger partial charge is 0.243 e. The molecule has 1 amide bonds. The average molecular weight is 409 g/mol. The van der Waals surface area contributed by atoms with Gasteiger partial charge in [0.25, 0.3) is 0 Å². The summed E-state index contributed by atoms with van der Waals surface area (Å²) in [5, 5.41) is 0. The minimum absolute atomic E-state index is 0.193. The molecule has 0 aliphatic heterocycles. The molecule has 6 nitrogen and oxygen atoms in total. The largest absolute Gasteiger partial charge is 0.748 e. The van der Waals surface area contributed by atoms with Gasteiger partial charge in [-0.3, -0.25) is 4.79 Å². The highest BCUT2D eigenvalue weighted by Crippen LogP contribution is 2.08. The van der Waals surface area contributed by atoms with Crippen molar-refractivity contribution in [2.24, 2.45) is 5.73 Å². The number of primary amides is 1. The van der Waals surface area contributed by atoms with E-state index in [0.717, 1.165) is 17.3 Å². The molecule has 0 aromatic carbocycles. The summed E-state index contributed by atoms with van der Waals surface area (Å²) in [6.07, 6.45) is 9.94. The molecule has 0 radical (unpaired) electrons. The Balaban J connectivity index is -0.000000369. The van der Waals surface area contributed by atoms with Crippen LogP contribution in [-0.4, -0.2) is 56.8 Å². The maximum atomic E-state index is 10.2. The molecule has 0 saturated carbocycles. The van der Waals surface area contributed by atoms with E-state index in [1.54, 1.807) is 6.92 Å². The van der Waals surface area contributed by atoms with Crippen molar-refractivity contribution in [3.8, 4) is 0 Å². The van der Waals surface area contributed by atoms with Crippen molar-refractivity contribution in [1.82, 2.24) is 0 Å². The molecule has 27 heavy (non-hydrogen) atoms. The van der Waals surface area contributed by atoms with Gasteiger partial charge in [0, 0.05) is 11.3 Å². The number of carbonyl (C=O) groups excluding carboxylic acids is 1. The molecular weight excluding hydrogens is 364 g/mol. The van der Waals surface area contributed by atoms with Gasteiger partial charge in [0.05, 0.1) is 37.8 Å². The molecule has 0 fully saturated rings. The van der Waals surface area contributed by atoms with Crippen molar-refractivity contribution in [1.29, 1.82) is 0 Å². The van der Waals surface area contributed by atoms with Gasteiger partial charge in [-0.25, -0.2) is 8.42 Å². The number of hydrogen-bond acceptors (Lipinski definition) is 4. The maximum absolute atomic E-state index is 10.2. The average Bonchev–Trinajstić information content (AvgIpc) is 2.49. The topological polar surface area (TPSA) is 100 Å². The van der Waals surface area contributed by atoms with Crippen LogP contribution in [0.25, 0.3) is 0 Å². The Labute approximate surface area is 168 Å². The van der Waals surface area contributed by atoms with Crippen LogP contribution in [0.4, 0.5) is 0 Å². The third kappa shape index (κ3) is 40.9. The SMILES string of the molecule is C=C(C)C(N)=O.CCCCCCCCCCS(=O)(=O)[O-].CCC[N+](C)(C)C. The van der Waals surface area contributed by atoms with E-state index in [4.69, 9.17) is 5.73 Å². The van der Waals surface area contributed by atoms with E-state index in [-0.39, 0.29) is 5.75 Å². The van der Waals surface area contributed by atoms with E-state index in [1.807, 2.05) is 0 Å². The molecule has 2 N–H and O–H groups in total. The van der Waals surface area contributed by atoms with Crippen LogP contribution in [0.2, 0.25) is 0 Å². The molecule has 164 valence electrons. The number of hydrogen-bond donors (Lipinski definition) is 1. The molecule has 0 heterocycles. The first-order valence-electron chi connectivity index (χ1n) is 9.96. The molecule has 0 bridgehead atoms. The van der Waals surface area contributed by atoms with E-state index in [9.17, 15) is 17.8 Å². The first-order valence-corrected chi connectivity index (χ1v) is 11.5. The van der Waals surface area contributed by atoms with Gasteiger partial charge in [0.15, 0.2) is 0 Å². The number of carbonyl (C=O) groups is 1. The van der Waals surface area contributed by atoms with Crippen LogP contribution in [0, 0.1) is 0 Å². The van der Waals surface area contributed by atoms with Crippen LogP contribution >= 0.6 is 0 Å². The highest BCUT2D eigenvalue weighted by Gasteiger charge is 2.01. The number of unbranched alkanes of at least 4 members (excludes halogenated alkanes) is 7. The number of nitrogens with zero attached hydrogens (tertiary/aromatic N) is 1. The summed E-state index contributed by atoms with van der Waals surface area (Å²) in [6.45, 7) is 10.5. The van der Waals surface area contributed by atoms with E-state index in [0.29, 0.717) is 12.0 Å². The van der Waals surface area contributed by atoms with Crippen LogP contribution in [0.3, 0.4) is 0 Å². The lowest BCUT2D eigenvalue weighted by Crippen LogP contribution is -2.34. The lowest BCUT2D eigenvalue weighted by Gasteiger charge is -2.22. The van der Waals surface area contributed by atoms with E-state index >= 15 is 0 Å². The van der Waals surface area contributed by atoms with Gasteiger partial charge in [-0.15, -0.1) is 0 Å². The normalized spacial score (nSPS) is 10.9. The molecule has 0 atom stereocenters. The van der Waals surface area contributed by atoms with E-state index in [2.05, 4.69) is 41.6 Å².